The smallest absolute Gasteiger partial charge is 0.379 e. The molecule has 0 aliphatic carbocycles. The molecule has 1 aromatic heterocycles. The first-order chi connectivity index (χ1) is 14.2. The zero-order valence-electron chi connectivity index (χ0n) is 16.6. The van der Waals surface area contributed by atoms with Crippen molar-refractivity contribution in [2.24, 2.45) is 15.7 Å². The largest absolute Gasteiger partial charge is 0.406 e. The van der Waals surface area contributed by atoms with Gasteiger partial charge in [0, 0.05) is 30.7 Å². The Morgan fingerprint density at radius 3 is 2.77 bits per heavy atom. The number of benzene rings is 1. The third-order valence-corrected chi connectivity index (χ3v) is 5.51. The number of aromatic nitrogens is 1. The van der Waals surface area contributed by atoms with Gasteiger partial charge < -0.3 is 20.5 Å². The Kier molecular flexibility index (Phi) is 5.54. The molecule has 2 aliphatic rings. The molecule has 10 heteroatoms. The molecule has 0 radical (unpaired) electrons. The predicted molar refractivity (Wildman–Crippen MR) is 110 cm³/mol. The van der Waals surface area contributed by atoms with E-state index in [4.69, 9.17) is 5.73 Å². The molecule has 1 aromatic carbocycles. The Labute approximate surface area is 171 Å². The number of amidine groups is 1. The zero-order valence-corrected chi connectivity index (χ0v) is 16.6. The van der Waals surface area contributed by atoms with Crippen LogP contribution in [-0.2, 0) is 6.54 Å². The van der Waals surface area contributed by atoms with Gasteiger partial charge in [-0.15, -0.1) is 0 Å². The quantitative estimate of drug-likeness (QED) is 0.726. The molecule has 3 N–H and O–H groups in total. The van der Waals surface area contributed by atoms with Crippen molar-refractivity contribution < 1.29 is 17.6 Å². The van der Waals surface area contributed by atoms with Crippen LogP contribution in [0.2, 0.25) is 0 Å². The molecule has 30 heavy (non-hydrogen) atoms. The van der Waals surface area contributed by atoms with Crippen LogP contribution < -0.4 is 11.1 Å². The van der Waals surface area contributed by atoms with Crippen molar-refractivity contribution in [1.29, 1.82) is 0 Å². The number of aliphatic imine (C=N–C) groups is 2. The maximum atomic E-state index is 14.5. The summed E-state index contributed by atoms with van der Waals surface area (Å²) in [6, 6.07) is 6.31. The molecule has 2 unspecified atom stereocenters. The van der Waals surface area contributed by atoms with Crippen LogP contribution in [0.4, 0.5) is 23.2 Å². The molecule has 1 fully saturated rings. The highest BCUT2D eigenvalue weighted by atomic mass is 19.4. The molecular formula is C20H24F4N6. The number of alkyl halides is 4. The van der Waals surface area contributed by atoms with Crippen molar-refractivity contribution in [3.63, 3.8) is 0 Å². The summed E-state index contributed by atoms with van der Waals surface area (Å²) in [6.07, 6.45) is -4.87. The van der Waals surface area contributed by atoms with E-state index in [9.17, 15) is 17.6 Å². The Bertz CT molecular complexity index is 993. The van der Waals surface area contributed by atoms with Gasteiger partial charge in [-0.05, 0) is 31.7 Å². The van der Waals surface area contributed by atoms with E-state index in [2.05, 4.69) is 15.3 Å². The minimum Gasteiger partial charge on any atom is -0.379 e. The Morgan fingerprint density at radius 1 is 1.30 bits per heavy atom. The van der Waals surface area contributed by atoms with E-state index in [0.717, 1.165) is 6.54 Å². The molecule has 162 valence electrons. The van der Waals surface area contributed by atoms with Crippen molar-refractivity contribution in [2.75, 3.05) is 38.5 Å². The molecule has 2 aromatic rings. The van der Waals surface area contributed by atoms with Gasteiger partial charge in [0.15, 0.2) is 5.84 Å². The van der Waals surface area contributed by atoms with Crippen LogP contribution in [-0.4, -0.2) is 72.6 Å². The molecule has 0 saturated carbocycles. The number of piperidine rings is 1. The second-order valence-electron chi connectivity index (χ2n) is 7.81. The number of hydrogen-bond donors (Lipinski definition) is 2. The fourth-order valence-corrected chi connectivity index (χ4v) is 4.00. The van der Waals surface area contributed by atoms with Crippen LogP contribution >= 0.6 is 0 Å². The van der Waals surface area contributed by atoms with Gasteiger partial charge in [0.2, 0.25) is 0 Å². The predicted octanol–water partition coefficient (Wildman–Crippen LogP) is 2.82. The summed E-state index contributed by atoms with van der Waals surface area (Å²) in [5, 5.41) is 3.80. The number of nitrogens with two attached hydrogens (primary N) is 1. The van der Waals surface area contributed by atoms with Gasteiger partial charge in [0.25, 0.3) is 0 Å². The van der Waals surface area contributed by atoms with E-state index in [1.807, 2.05) is 11.9 Å². The van der Waals surface area contributed by atoms with Gasteiger partial charge in [-0.2, -0.15) is 13.2 Å². The Hall–Kier alpha value is -2.46. The van der Waals surface area contributed by atoms with Crippen LogP contribution in [0, 0.1) is 0 Å². The monoisotopic (exact) mass is 424 g/mol. The topological polar surface area (TPSA) is 70.9 Å². The second kappa shape index (κ2) is 7.99. The first-order valence-corrected chi connectivity index (χ1v) is 9.84. The molecule has 6 nitrogen and oxygen atoms in total. The lowest BCUT2D eigenvalue weighted by Gasteiger charge is -2.33. The number of anilines is 1. The lowest BCUT2D eigenvalue weighted by Crippen LogP contribution is -2.46. The molecule has 0 amide bonds. The summed E-state index contributed by atoms with van der Waals surface area (Å²) in [6.45, 7) is 0.391. The normalized spacial score (nSPS) is 23.0. The highest BCUT2D eigenvalue weighted by molar-refractivity contribution is 6.13. The minimum atomic E-state index is -4.41. The van der Waals surface area contributed by atoms with Gasteiger partial charge in [-0.1, -0.05) is 6.07 Å². The fraction of sp³-hybridized carbons (Fsp3) is 0.500. The maximum Gasteiger partial charge on any atom is 0.406 e. The van der Waals surface area contributed by atoms with Crippen molar-refractivity contribution in [3.8, 4) is 0 Å². The summed E-state index contributed by atoms with van der Waals surface area (Å²) in [7, 11) is 1.87. The van der Waals surface area contributed by atoms with Gasteiger partial charge in [-0.25, -0.2) is 9.38 Å². The second-order valence-corrected chi connectivity index (χ2v) is 7.81. The number of likely N-dealkylation sites (tertiary alicyclic amines) is 1. The lowest BCUT2D eigenvalue weighted by molar-refractivity contribution is -0.139. The number of nitrogens with one attached hydrogen (secondary N) is 1. The van der Waals surface area contributed by atoms with Gasteiger partial charge in [-0.3, -0.25) is 4.99 Å². The molecule has 2 atom stereocenters. The Morgan fingerprint density at radius 2 is 2.10 bits per heavy atom. The van der Waals surface area contributed by atoms with Crippen LogP contribution in [0.15, 0.2) is 34.3 Å². The maximum absolute atomic E-state index is 14.5. The van der Waals surface area contributed by atoms with Gasteiger partial charge >= 0.3 is 6.18 Å². The standard InChI is InChI=1S/C20H24F4N6/c1-29-6-5-16(14(21)10-29)28-15-3-2-4-17-13(15)7-18(30(17)11-20(22,23)24)19-26-9-12(8-25)27-19/h2-4,7,14,16,28H,5-6,8-11,25H2,1H3. The number of halogens is 4. The number of hydrogen-bond acceptors (Lipinski definition) is 5. The highest BCUT2D eigenvalue weighted by Crippen LogP contribution is 2.32. The van der Waals surface area contributed by atoms with Crippen molar-refractivity contribution >= 4 is 28.1 Å². The van der Waals surface area contributed by atoms with E-state index < -0.39 is 24.9 Å². The van der Waals surface area contributed by atoms with E-state index >= 15 is 0 Å². The van der Waals surface area contributed by atoms with Crippen LogP contribution in [0.5, 0.6) is 0 Å². The SMILES string of the molecule is CN1CCC(Nc2cccc3c2cc(C2=NCC(CN)=N2)n3CC(F)(F)F)C(F)C1. The summed E-state index contributed by atoms with van der Waals surface area (Å²) in [5.41, 5.74) is 7.50. The molecule has 1 saturated heterocycles. The van der Waals surface area contributed by atoms with E-state index in [1.165, 1.54) is 4.57 Å². The number of fused-ring (bicyclic) bond motifs is 1. The average Bonchev–Trinajstić information content (AvgIpc) is 3.28. The first-order valence-electron chi connectivity index (χ1n) is 9.84. The third kappa shape index (κ3) is 4.20. The average molecular weight is 424 g/mol. The fourth-order valence-electron chi connectivity index (χ4n) is 4.00. The summed E-state index contributed by atoms with van der Waals surface area (Å²) in [5.74, 6) is 0.240. The number of nitrogens with zero attached hydrogens (tertiary/aromatic N) is 4. The molecule has 2 aliphatic heterocycles. The van der Waals surface area contributed by atoms with Crippen molar-refractivity contribution in [2.45, 2.75) is 31.4 Å². The van der Waals surface area contributed by atoms with Crippen LogP contribution in [0.1, 0.15) is 12.1 Å². The molecule has 0 spiro atoms. The summed E-state index contributed by atoms with van der Waals surface area (Å²) >= 11 is 0. The third-order valence-electron chi connectivity index (χ3n) is 5.51. The lowest BCUT2D eigenvalue weighted by atomic mass is 10.0. The summed E-state index contributed by atoms with van der Waals surface area (Å²) < 4.78 is 55.7. The minimum absolute atomic E-state index is 0.202. The van der Waals surface area contributed by atoms with E-state index in [0.29, 0.717) is 35.3 Å². The zero-order chi connectivity index (χ0) is 21.5. The summed E-state index contributed by atoms with van der Waals surface area (Å²) in [4.78, 5) is 10.5. The highest BCUT2D eigenvalue weighted by Gasteiger charge is 2.32. The molecule has 0 bridgehead atoms. The Balaban J connectivity index is 1.75. The molecule has 3 heterocycles. The van der Waals surface area contributed by atoms with Gasteiger partial charge in [0.05, 0.1) is 29.5 Å². The van der Waals surface area contributed by atoms with Crippen LogP contribution in [0.25, 0.3) is 10.9 Å². The van der Waals surface area contributed by atoms with Gasteiger partial charge in [0.1, 0.15) is 12.7 Å². The first kappa shape index (κ1) is 20.8. The van der Waals surface area contributed by atoms with E-state index in [-0.39, 0.29) is 24.6 Å². The molecule has 4 rings (SSSR count). The van der Waals surface area contributed by atoms with Crippen molar-refractivity contribution in [1.82, 2.24) is 9.47 Å². The number of rotatable bonds is 5. The van der Waals surface area contributed by atoms with E-state index in [1.54, 1.807) is 24.3 Å². The van der Waals surface area contributed by atoms with Crippen LogP contribution in [0.3, 0.4) is 0 Å². The van der Waals surface area contributed by atoms with Crippen molar-refractivity contribution in [3.05, 3.63) is 30.0 Å². The molecular weight excluding hydrogens is 400 g/mol.